The van der Waals surface area contributed by atoms with E-state index in [9.17, 15) is 0 Å². The van der Waals surface area contributed by atoms with Crippen LogP contribution in [0.2, 0.25) is 0 Å². The Balaban J connectivity index is 1.32. The van der Waals surface area contributed by atoms with E-state index in [1.54, 1.807) is 0 Å². The molecular weight excluding hydrogens is 566 g/mol. The number of aryl methyl sites for hydroxylation is 1. The Hall–Kier alpha value is -5.69. The maximum Gasteiger partial charge on any atom is 0.184 e. The van der Waals surface area contributed by atoms with Gasteiger partial charge >= 0.3 is 0 Å². The van der Waals surface area contributed by atoms with Crippen LogP contribution in [-0.2, 0) is 18.5 Å². The number of nitrogens with zero attached hydrogens (tertiary/aromatic N) is 7. The molecule has 7 heteroatoms. The molecule has 7 nitrogen and oxygen atoms in total. The molecule has 46 heavy (non-hydrogen) atoms. The fourth-order valence-electron chi connectivity index (χ4n) is 6.28. The van der Waals surface area contributed by atoms with Crippen LogP contribution in [-0.4, -0.2) is 35.2 Å². The lowest BCUT2D eigenvalue weighted by Crippen LogP contribution is -2.39. The summed E-state index contributed by atoms with van der Waals surface area (Å²) in [5, 5.41) is 22.4. The highest BCUT2D eigenvalue weighted by Crippen LogP contribution is 2.43. The first-order valence-corrected chi connectivity index (χ1v) is 15.8. The van der Waals surface area contributed by atoms with Crippen molar-refractivity contribution in [2.24, 2.45) is 0 Å². The summed E-state index contributed by atoms with van der Waals surface area (Å²) in [6, 6.07) is 48.4. The summed E-state index contributed by atoms with van der Waals surface area (Å²) in [4.78, 5) is 0. The maximum atomic E-state index is 4.75. The third-order valence-electron chi connectivity index (χ3n) is 8.51. The molecule has 0 atom stereocenters. The van der Waals surface area contributed by atoms with Crippen LogP contribution in [0.4, 0.5) is 0 Å². The number of hydrogen-bond acceptors (Lipinski definition) is 5. The number of aromatic nitrogens is 7. The van der Waals surface area contributed by atoms with Crippen molar-refractivity contribution < 1.29 is 0 Å². The van der Waals surface area contributed by atoms with E-state index in [4.69, 9.17) is 10.3 Å². The maximum absolute atomic E-state index is 4.75. The van der Waals surface area contributed by atoms with Gasteiger partial charge in [0, 0.05) is 11.8 Å². The Morgan fingerprint density at radius 1 is 0.587 bits per heavy atom. The fourth-order valence-corrected chi connectivity index (χ4v) is 6.28. The molecule has 0 fully saturated rings. The molecule has 0 unspecified atom stereocenters. The van der Waals surface area contributed by atoms with Gasteiger partial charge in [-0.15, -0.1) is 10.2 Å². The smallest absolute Gasteiger partial charge is 0.184 e. The number of tetrazole rings is 1. The largest absolute Gasteiger partial charge is 0.248 e. The van der Waals surface area contributed by atoms with Gasteiger partial charge in [-0.25, -0.2) is 9.36 Å². The minimum atomic E-state index is -0.826. The minimum Gasteiger partial charge on any atom is -0.248 e. The van der Waals surface area contributed by atoms with Gasteiger partial charge in [0.25, 0.3) is 0 Å². The van der Waals surface area contributed by atoms with Crippen LogP contribution < -0.4 is 0 Å². The van der Waals surface area contributed by atoms with Crippen LogP contribution in [0.25, 0.3) is 22.5 Å². The molecular formula is C39H35N7. The van der Waals surface area contributed by atoms with Crippen molar-refractivity contribution in [3.05, 3.63) is 174 Å². The van der Waals surface area contributed by atoms with E-state index in [2.05, 4.69) is 144 Å². The molecule has 7 rings (SSSR count). The first-order chi connectivity index (χ1) is 22.8. The molecule has 0 saturated heterocycles. The van der Waals surface area contributed by atoms with E-state index in [1.165, 1.54) is 0 Å². The van der Waals surface area contributed by atoms with Crippen LogP contribution in [0.15, 0.2) is 146 Å². The van der Waals surface area contributed by atoms with Gasteiger partial charge in [0.1, 0.15) is 5.54 Å². The Kier molecular flexibility index (Phi) is 8.28. The van der Waals surface area contributed by atoms with Crippen molar-refractivity contribution >= 4 is 0 Å². The molecule has 7 aromatic rings. The second-order valence-corrected chi connectivity index (χ2v) is 11.5. The SMILES string of the molecule is CCCCc1cn(Cc2ccc(-c3ccccc3-c3nnnn3C(c3ccccc3)(c3ccccc3)c3ccccc3)cc2)nn1. The van der Waals surface area contributed by atoms with Gasteiger partial charge in [0.2, 0.25) is 0 Å². The normalized spacial score (nSPS) is 11.5. The van der Waals surface area contributed by atoms with Gasteiger partial charge in [0.05, 0.1) is 12.2 Å². The second-order valence-electron chi connectivity index (χ2n) is 11.5. The molecule has 5 aromatic carbocycles. The van der Waals surface area contributed by atoms with Gasteiger partial charge in [-0.3, -0.25) is 0 Å². The average Bonchev–Trinajstić information content (AvgIpc) is 3.80. The van der Waals surface area contributed by atoms with Crippen molar-refractivity contribution in [3.8, 4) is 22.5 Å². The summed E-state index contributed by atoms with van der Waals surface area (Å²) >= 11 is 0. The molecule has 2 aromatic heterocycles. The number of benzene rings is 5. The van der Waals surface area contributed by atoms with E-state index in [0.29, 0.717) is 12.4 Å². The van der Waals surface area contributed by atoms with Crippen LogP contribution in [0.1, 0.15) is 47.7 Å². The van der Waals surface area contributed by atoms with Gasteiger partial charge in [-0.1, -0.05) is 158 Å². The predicted molar refractivity (Wildman–Crippen MR) is 181 cm³/mol. The highest BCUT2D eigenvalue weighted by molar-refractivity contribution is 5.81. The molecule has 0 N–H and O–H groups in total. The van der Waals surface area contributed by atoms with Crippen LogP contribution >= 0.6 is 0 Å². The van der Waals surface area contributed by atoms with Crippen LogP contribution in [0.5, 0.6) is 0 Å². The van der Waals surface area contributed by atoms with Crippen molar-refractivity contribution in [2.75, 3.05) is 0 Å². The lowest BCUT2D eigenvalue weighted by molar-refractivity contribution is 0.451. The Morgan fingerprint density at radius 3 is 1.74 bits per heavy atom. The minimum absolute atomic E-state index is 0.674. The van der Waals surface area contributed by atoms with E-state index in [0.717, 1.165) is 63.9 Å². The second kappa shape index (κ2) is 13.1. The Labute approximate surface area is 269 Å². The van der Waals surface area contributed by atoms with Gasteiger partial charge in [-0.2, -0.15) is 0 Å². The number of hydrogen-bond donors (Lipinski definition) is 0. The van der Waals surface area contributed by atoms with E-state index >= 15 is 0 Å². The zero-order chi connectivity index (χ0) is 31.2. The first-order valence-electron chi connectivity index (χ1n) is 15.8. The third-order valence-corrected chi connectivity index (χ3v) is 8.51. The summed E-state index contributed by atoms with van der Waals surface area (Å²) in [6.07, 6.45) is 5.29. The number of rotatable bonds is 11. The molecule has 226 valence electrons. The van der Waals surface area contributed by atoms with E-state index < -0.39 is 5.54 Å². The fraction of sp³-hybridized carbons (Fsp3) is 0.154. The molecule has 0 saturated carbocycles. The predicted octanol–water partition coefficient (Wildman–Crippen LogP) is 7.83. The zero-order valence-electron chi connectivity index (χ0n) is 25.8. The molecule has 0 aliphatic heterocycles. The third kappa shape index (κ3) is 5.52. The lowest BCUT2D eigenvalue weighted by atomic mass is 9.77. The summed E-state index contributed by atoms with van der Waals surface area (Å²) in [6.45, 7) is 2.86. The molecule has 0 radical (unpaired) electrons. The van der Waals surface area contributed by atoms with E-state index in [-0.39, 0.29) is 0 Å². The first kappa shape index (κ1) is 29.0. The van der Waals surface area contributed by atoms with Gasteiger partial charge in [0.15, 0.2) is 5.82 Å². The van der Waals surface area contributed by atoms with Crippen LogP contribution in [0.3, 0.4) is 0 Å². The molecule has 0 amide bonds. The zero-order valence-corrected chi connectivity index (χ0v) is 25.8. The number of unbranched alkanes of at least 4 members (excludes halogenated alkanes) is 1. The van der Waals surface area contributed by atoms with Gasteiger partial charge < -0.3 is 0 Å². The van der Waals surface area contributed by atoms with Crippen molar-refractivity contribution in [2.45, 2.75) is 38.3 Å². The highest BCUT2D eigenvalue weighted by Gasteiger charge is 2.42. The van der Waals surface area contributed by atoms with Crippen molar-refractivity contribution in [1.29, 1.82) is 0 Å². The average molecular weight is 602 g/mol. The summed E-state index contributed by atoms with van der Waals surface area (Å²) in [7, 11) is 0. The molecule has 2 heterocycles. The summed E-state index contributed by atoms with van der Waals surface area (Å²) in [5.41, 5.74) is 7.65. The summed E-state index contributed by atoms with van der Waals surface area (Å²) < 4.78 is 3.90. The van der Waals surface area contributed by atoms with Crippen LogP contribution in [0, 0.1) is 0 Å². The molecule has 0 spiro atoms. The standard InChI is InChI=1S/C39H35N7/c1-2-3-21-35-29-45(43-40-35)28-30-24-26-31(27-25-30)36-22-13-14-23-37(36)38-41-42-44-46(38)39(32-15-7-4-8-16-32,33-17-9-5-10-18-33)34-19-11-6-12-20-34/h4-20,22-27,29H,2-3,21,28H2,1H3. The van der Waals surface area contributed by atoms with Crippen molar-refractivity contribution in [1.82, 2.24) is 35.2 Å². The Bertz CT molecular complexity index is 1900. The molecule has 0 aliphatic rings. The lowest BCUT2D eigenvalue weighted by Gasteiger charge is -2.36. The van der Waals surface area contributed by atoms with Gasteiger partial charge in [-0.05, 0) is 56.6 Å². The monoisotopic (exact) mass is 601 g/mol. The Morgan fingerprint density at radius 2 is 1.15 bits per heavy atom. The molecule has 0 aliphatic carbocycles. The topological polar surface area (TPSA) is 74.3 Å². The quantitative estimate of drug-likeness (QED) is 0.141. The summed E-state index contributed by atoms with van der Waals surface area (Å²) in [5.74, 6) is 0.679. The van der Waals surface area contributed by atoms with Crippen molar-refractivity contribution in [3.63, 3.8) is 0 Å². The highest BCUT2D eigenvalue weighted by atomic mass is 15.6. The molecule has 0 bridgehead atoms. The van der Waals surface area contributed by atoms with E-state index in [1.807, 2.05) is 33.6 Å².